The van der Waals surface area contributed by atoms with Crippen LogP contribution in [0.3, 0.4) is 0 Å². The second-order valence-corrected chi connectivity index (χ2v) is 5.66. The number of rotatable bonds is 7. The summed E-state index contributed by atoms with van der Waals surface area (Å²) in [7, 11) is 0. The maximum absolute atomic E-state index is 14.0. The number of hydrogen-bond donors (Lipinski definition) is 1. The zero-order valence-electron chi connectivity index (χ0n) is 11.9. The van der Waals surface area contributed by atoms with Gasteiger partial charge >= 0.3 is 0 Å². The van der Waals surface area contributed by atoms with E-state index in [0.29, 0.717) is 6.54 Å². The fourth-order valence-electron chi connectivity index (χ4n) is 1.88. The lowest BCUT2D eigenvalue weighted by Crippen LogP contribution is -2.13. The fraction of sp³-hybridized carbons (Fsp3) is 0.312. The molecule has 0 fully saturated rings. The van der Waals surface area contributed by atoms with Gasteiger partial charge in [0.2, 0.25) is 0 Å². The van der Waals surface area contributed by atoms with Crippen molar-refractivity contribution in [3.8, 4) is 5.75 Å². The van der Waals surface area contributed by atoms with Crippen LogP contribution in [0, 0.1) is 5.82 Å². The van der Waals surface area contributed by atoms with Gasteiger partial charge < -0.3 is 10.1 Å². The van der Waals surface area contributed by atoms with Gasteiger partial charge in [0.25, 0.3) is 0 Å². The second-order valence-electron chi connectivity index (χ2n) is 4.74. The Kier molecular flexibility index (Phi) is 6.14. The minimum absolute atomic E-state index is 0.259. The van der Waals surface area contributed by atoms with E-state index in [1.54, 1.807) is 18.5 Å². The Hall–Kier alpha value is -1.46. The Morgan fingerprint density at radius 1 is 1.24 bits per heavy atom. The third kappa shape index (κ3) is 5.10. The molecule has 0 aliphatic rings. The molecule has 3 nitrogen and oxygen atoms in total. The molecule has 0 saturated heterocycles. The van der Waals surface area contributed by atoms with E-state index in [4.69, 9.17) is 4.74 Å². The quantitative estimate of drug-likeness (QED) is 0.763. The van der Waals surface area contributed by atoms with Crippen LogP contribution in [-0.4, -0.2) is 11.5 Å². The number of nitrogens with zero attached hydrogens (tertiary/aromatic N) is 1. The van der Waals surface area contributed by atoms with Crippen molar-refractivity contribution in [3.05, 3.63) is 58.1 Å². The zero-order chi connectivity index (χ0) is 15.1. The standard InChI is InChI=1S/C16H18BrFN2O/c1-2-5-19-8-12-3-4-16(15(18)7-12)21-11-13-6-14(17)10-20-9-13/h3-4,6-7,9-10,19H,2,5,8,11H2,1H3. The first-order valence-electron chi connectivity index (χ1n) is 6.90. The molecule has 0 saturated carbocycles. The molecule has 2 aromatic rings. The van der Waals surface area contributed by atoms with E-state index in [9.17, 15) is 4.39 Å². The Labute approximate surface area is 132 Å². The summed E-state index contributed by atoms with van der Waals surface area (Å²) in [4.78, 5) is 4.05. The van der Waals surface area contributed by atoms with Crippen molar-refractivity contribution in [2.24, 2.45) is 0 Å². The number of nitrogens with one attached hydrogen (secondary N) is 1. The molecule has 0 amide bonds. The molecule has 1 heterocycles. The van der Waals surface area contributed by atoms with Crippen molar-refractivity contribution >= 4 is 15.9 Å². The van der Waals surface area contributed by atoms with Gasteiger partial charge in [0.05, 0.1) is 0 Å². The summed E-state index contributed by atoms with van der Waals surface area (Å²) >= 11 is 3.34. The number of benzene rings is 1. The van der Waals surface area contributed by atoms with E-state index < -0.39 is 0 Å². The first kappa shape index (κ1) is 15.9. The van der Waals surface area contributed by atoms with Crippen molar-refractivity contribution in [1.29, 1.82) is 0 Å². The number of hydrogen-bond acceptors (Lipinski definition) is 3. The van der Waals surface area contributed by atoms with Gasteiger partial charge in [0, 0.05) is 29.0 Å². The fourth-order valence-corrected chi connectivity index (χ4v) is 2.29. The highest BCUT2D eigenvalue weighted by atomic mass is 79.9. The summed E-state index contributed by atoms with van der Waals surface area (Å²) in [6.45, 7) is 3.98. The van der Waals surface area contributed by atoms with E-state index in [2.05, 4.69) is 33.2 Å². The van der Waals surface area contributed by atoms with E-state index in [-0.39, 0.29) is 18.2 Å². The predicted molar refractivity (Wildman–Crippen MR) is 84.7 cm³/mol. The van der Waals surface area contributed by atoms with Gasteiger partial charge in [-0.25, -0.2) is 4.39 Å². The molecular weight excluding hydrogens is 335 g/mol. The SMILES string of the molecule is CCCNCc1ccc(OCc2cncc(Br)c2)c(F)c1. The summed E-state index contributed by atoms with van der Waals surface area (Å²) in [5, 5.41) is 3.24. The molecule has 1 N–H and O–H groups in total. The topological polar surface area (TPSA) is 34.1 Å². The lowest BCUT2D eigenvalue weighted by atomic mass is 10.2. The normalized spacial score (nSPS) is 10.6. The third-order valence-corrected chi connectivity index (χ3v) is 3.34. The van der Waals surface area contributed by atoms with Gasteiger partial charge in [-0.2, -0.15) is 0 Å². The average molecular weight is 353 g/mol. The Morgan fingerprint density at radius 3 is 2.81 bits per heavy atom. The minimum Gasteiger partial charge on any atom is -0.486 e. The Balaban J connectivity index is 1.94. The van der Waals surface area contributed by atoms with Crippen LogP contribution in [-0.2, 0) is 13.2 Å². The van der Waals surface area contributed by atoms with E-state index in [1.807, 2.05) is 12.1 Å². The molecule has 1 aromatic heterocycles. The minimum atomic E-state index is -0.339. The van der Waals surface area contributed by atoms with Crippen LogP contribution in [0.25, 0.3) is 0 Å². The van der Waals surface area contributed by atoms with Crippen LogP contribution < -0.4 is 10.1 Å². The van der Waals surface area contributed by atoms with Gasteiger partial charge in [-0.3, -0.25) is 4.98 Å². The van der Waals surface area contributed by atoms with Crippen LogP contribution in [0.4, 0.5) is 4.39 Å². The average Bonchev–Trinajstić information content (AvgIpc) is 2.47. The van der Waals surface area contributed by atoms with E-state index >= 15 is 0 Å². The van der Waals surface area contributed by atoms with Crippen LogP contribution in [0.2, 0.25) is 0 Å². The van der Waals surface area contributed by atoms with Crippen molar-refractivity contribution in [1.82, 2.24) is 10.3 Å². The highest BCUT2D eigenvalue weighted by Crippen LogP contribution is 2.20. The molecule has 0 aliphatic heterocycles. The number of ether oxygens (including phenoxy) is 1. The number of aromatic nitrogens is 1. The molecular formula is C16H18BrFN2O. The van der Waals surface area contributed by atoms with Gasteiger partial charge in [-0.15, -0.1) is 0 Å². The second kappa shape index (κ2) is 8.10. The molecule has 0 aliphatic carbocycles. The molecule has 21 heavy (non-hydrogen) atoms. The van der Waals surface area contributed by atoms with Crippen molar-refractivity contribution < 1.29 is 9.13 Å². The van der Waals surface area contributed by atoms with Crippen LogP contribution in [0.5, 0.6) is 5.75 Å². The van der Waals surface area contributed by atoms with Gasteiger partial charge in [-0.1, -0.05) is 13.0 Å². The maximum Gasteiger partial charge on any atom is 0.165 e. The van der Waals surface area contributed by atoms with E-state index in [1.165, 1.54) is 6.07 Å². The van der Waals surface area contributed by atoms with Crippen molar-refractivity contribution in [2.45, 2.75) is 26.5 Å². The highest BCUT2D eigenvalue weighted by Gasteiger charge is 2.05. The van der Waals surface area contributed by atoms with Crippen LogP contribution in [0.15, 0.2) is 41.1 Å². The summed E-state index contributed by atoms with van der Waals surface area (Å²) in [5.41, 5.74) is 1.80. The number of halogens is 2. The van der Waals surface area contributed by atoms with Gasteiger partial charge in [0.1, 0.15) is 6.61 Å². The van der Waals surface area contributed by atoms with Crippen LogP contribution >= 0.6 is 15.9 Å². The largest absolute Gasteiger partial charge is 0.486 e. The smallest absolute Gasteiger partial charge is 0.165 e. The molecule has 5 heteroatoms. The molecule has 1 aromatic carbocycles. The maximum atomic E-state index is 14.0. The third-order valence-electron chi connectivity index (χ3n) is 2.91. The first-order chi connectivity index (χ1) is 10.2. The Bertz CT molecular complexity index is 592. The lowest BCUT2D eigenvalue weighted by Gasteiger charge is -2.09. The van der Waals surface area contributed by atoms with Crippen LogP contribution in [0.1, 0.15) is 24.5 Å². The van der Waals surface area contributed by atoms with Gasteiger partial charge in [0.15, 0.2) is 11.6 Å². The molecule has 0 bridgehead atoms. The van der Waals surface area contributed by atoms with Crippen molar-refractivity contribution in [3.63, 3.8) is 0 Å². The Morgan fingerprint density at radius 2 is 2.10 bits per heavy atom. The van der Waals surface area contributed by atoms with E-state index in [0.717, 1.165) is 28.6 Å². The lowest BCUT2D eigenvalue weighted by molar-refractivity contribution is 0.289. The molecule has 0 unspecified atom stereocenters. The summed E-state index contributed by atoms with van der Waals surface area (Å²) in [5.74, 6) is -0.0806. The summed E-state index contributed by atoms with van der Waals surface area (Å²) < 4.78 is 20.3. The highest BCUT2D eigenvalue weighted by molar-refractivity contribution is 9.10. The molecule has 112 valence electrons. The van der Waals surface area contributed by atoms with Gasteiger partial charge in [-0.05, 0) is 52.7 Å². The molecule has 2 rings (SSSR count). The molecule has 0 spiro atoms. The van der Waals surface area contributed by atoms with Crippen molar-refractivity contribution in [2.75, 3.05) is 6.54 Å². The first-order valence-corrected chi connectivity index (χ1v) is 7.69. The monoisotopic (exact) mass is 352 g/mol. The summed E-state index contributed by atoms with van der Waals surface area (Å²) in [6.07, 6.45) is 4.46. The molecule has 0 radical (unpaired) electrons. The predicted octanol–water partition coefficient (Wildman–Crippen LogP) is 4.06. The number of pyridine rings is 1. The zero-order valence-corrected chi connectivity index (χ0v) is 13.5. The summed E-state index contributed by atoms with van der Waals surface area (Å²) in [6, 6.07) is 6.95. The molecule has 0 atom stereocenters.